The fourth-order valence-electron chi connectivity index (χ4n) is 3.40. The molecular weight excluding hydrogens is 476 g/mol. The number of anilines is 1. The second-order valence-electron chi connectivity index (χ2n) is 9.33. The van der Waals surface area contributed by atoms with Crippen LogP contribution in [0.3, 0.4) is 0 Å². The van der Waals surface area contributed by atoms with Crippen LogP contribution in [0.2, 0.25) is 5.02 Å². The fourth-order valence-corrected chi connectivity index (χ4v) is 3.52. The van der Waals surface area contributed by atoms with Crippen molar-refractivity contribution in [2.75, 3.05) is 25.4 Å². The number of aliphatic hydroxyl groups is 1. The van der Waals surface area contributed by atoms with Crippen molar-refractivity contribution in [3.8, 4) is 5.75 Å². The van der Waals surface area contributed by atoms with Gasteiger partial charge < -0.3 is 30.3 Å². The highest BCUT2D eigenvalue weighted by Gasteiger charge is 2.41. The molecule has 188 valence electrons. The number of carboxylic acids is 1. The normalized spacial score (nSPS) is 17.5. The predicted molar refractivity (Wildman–Crippen MR) is 130 cm³/mol. The van der Waals surface area contributed by atoms with Crippen molar-refractivity contribution in [3.05, 3.63) is 52.5 Å². The summed E-state index contributed by atoms with van der Waals surface area (Å²) in [6, 6.07) is 9.60. The Balaban J connectivity index is 1.69. The number of azo groups is 1. The second-order valence-corrected chi connectivity index (χ2v) is 9.74. The molecule has 0 spiro atoms. The molecule has 0 saturated heterocycles. The maximum absolute atomic E-state index is 12.8. The predicted octanol–water partition coefficient (Wildman–Crippen LogP) is 4.67. The van der Waals surface area contributed by atoms with E-state index in [0.717, 1.165) is 0 Å². The number of aliphatic hydroxyl groups excluding tert-OH is 1. The van der Waals surface area contributed by atoms with Crippen LogP contribution in [0.25, 0.3) is 0 Å². The van der Waals surface area contributed by atoms with E-state index < -0.39 is 29.3 Å². The van der Waals surface area contributed by atoms with Gasteiger partial charge in [-0.1, -0.05) is 23.7 Å². The van der Waals surface area contributed by atoms with Crippen LogP contribution in [0.4, 0.5) is 16.2 Å². The van der Waals surface area contributed by atoms with Crippen molar-refractivity contribution in [2.24, 2.45) is 10.2 Å². The Morgan fingerprint density at radius 2 is 1.94 bits per heavy atom. The van der Waals surface area contributed by atoms with Gasteiger partial charge in [-0.25, -0.2) is 9.59 Å². The molecule has 3 rings (SSSR count). The summed E-state index contributed by atoms with van der Waals surface area (Å²) in [5.41, 5.74) is 5.39. The molecular formula is C24H29ClN4O6. The summed E-state index contributed by atoms with van der Waals surface area (Å²) >= 11 is 5.96. The van der Waals surface area contributed by atoms with Gasteiger partial charge in [-0.05, 0) is 51.5 Å². The van der Waals surface area contributed by atoms with Gasteiger partial charge in [0.15, 0.2) is 0 Å². The van der Waals surface area contributed by atoms with E-state index in [4.69, 9.17) is 26.8 Å². The third-order valence-electron chi connectivity index (χ3n) is 5.35. The highest BCUT2D eigenvalue weighted by Crippen LogP contribution is 2.42. The van der Waals surface area contributed by atoms with Crippen LogP contribution in [0.15, 0.2) is 46.6 Å². The van der Waals surface area contributed by atoms with E-state index in [-0.39, 0.29) is 19.7 Å². The molecule has 1 amide bonds. The minimum absolute atomic E-state index is 0.0608. The second kappa shape index (κ2) is 10.1. The van der Waals surface area contributed by atoms with Gasteiger partial charge in [-0.2, -0.15) is 10.2 Å². The van der Waals surface area contributed by atoms with Crippen LogP contribution in [0, 0.1) is 0 Å². The van der Waals surface area contributed by atoms with Gasteiger partial charge >= 0.3 is 12.1 Å². The molecule has 35 heavy (non-hydrogen) atoms. The van der Waals surface area contributed by atoms with Crippen LogP contribution >= 0.6 is 11.6 Å². The van der Waals surface area contributed by atoms with Gasteiger partial charge in [0, 0.05) is 11.6 Å². The highest BCUT2D eigenvalue weighted by molar-refractivity contribution is 6.33. The lowest BCUT2D eigenvalue weighted by Crippen LogP contribution is -2.41. The fraction of sp³-hybridized carbons (Fsp3) is 0.417. The number of nitrogens with zero attached hydrogens (tertiary/aromatic N) is 3. The molecule has 1 aliphatic heterocycles. The summed E-state index contributed by atoms with van der Waals surface area (Å²) in [7, 11) is 0. The molecule has 0 bridgehead atoms. The lowest BCUT2D eigenvalue weighted by molar-refractivity contribution is -0.142. The number of hydrogen-bond acceptors (Lipinski definition) is 8. The minimum atomic E-state index is -1.43. The van der Waals surface area contributed by atoms with E-state index in [0.29, 0.717) is 33.3 Å². The number of amides is 1. The number of carbonyl (C=O) groups is 2. The Kier molecular flexibility index (Phi) is 7.56. The van der Waals surface area contributed by atoms with Crippen molar-refractivity contribution in [3.63, 3.8) is 0 Å². The average molecular weight is 505 g/mol. The summed E-state index contributed by atoms with van der Waals surface area (Å²) in [6.07, 6.45) is -1.64. The lowest BCUT2D eigenvalue weighted by Gasteiger charge is -2.29. The van der Waals surface area contributed by atoms with Crippen molar-refractivity contribution < 1.29 is 29.3 Å². The van der Waals surface area contributed by atoms with Gasteiger partial charge in [0.2, 0.25) is 5.54 Å². The molecule has 2 aromatic rings. The minimum Gasteiger partial charge on any atom is -0.492 e. The number of hydrogen-bond donors (Lipinski definition) is 3. The number of rotatable bonds is 8. The molecule has 0 saturated carbocycles. The van der Waals surface area contributed by atoms with E-state index in [9.17, 15) is 19.8 Å². The van der Waals surface area contributed by atoms with Gasteiger partial charge in [-0.3, -0.25) is 0 Å². The van der Waals surface area contributed by atoms with Gasteiger partial charge in [-0.15, -0.1) is 0 Å². The molecule has 0 fully saturated rings. The van der Waals surface area contributed by atoms with Crippen LogP contribution in [0.1, 0.15) is 44.9 Å². The quantitative estimate of drug-likeness (QED) is 0.442. The molecule has 1 heterocycles. The third-order valence-corrected chi connectivity index (χ3v) is 5.69. The summed E-state index contributed by atoms with van der Waals surface area (Å²) in [5, 5.41) is 28.3. The van der Waals surface area contributed by atoms with Crippen LogP contribution in [-0.2, 0) is 15.1 Å². The number of halogens is 1. The van der Waals surface area contributed by atoms with Crippen LogP contribution in [0.5, 0.6) is 5.75 Å². The first-order valence-corrected chi connectivity index (χ1v) is 11.3. The van der Waals surface area contributed by atoms with Gasteiger partial charge in [0.05, 0.1) is 35.6 Å². The number of carbonyl (C=O) groups excluding carboxylic acids is 1. The van der Waals surface area contributed by atoms with Crippen molar-refractivity contribution >= 4 is 35.0 Å². The van der Waals surface area contributed by atoms with E-state index in [1.54, 1.807) is 57.2 Å². The first-order valence-electron chi connectivity index (χ1n) is 10.9. The zero-order valence-electron chi connectivity index (χ0n) is 20.0. The number of aliphatic carboxylic acids is 1. The summed E-state index contributed by atoms with van der Waals surface area (Å²) < 4.78 is 11.3. The monoisotopic (exact) mass is 504 g/mol. The number of carboxylic acid groups (broad SMARTS) is 1. The Hall–Kier alpha value is -3.37. The van der Waals surface area contributed by atoms with E-state index in [1.165, 1.54) is 11.8 Å². The number of ether oxygens (including phenoxy) is 2. The summed E-state index contributed by atoms with van der Waals surface area (Å²) in [4.78, 5) is 25.7. The molecule has 11 heteroatoms. The molecule has 10 nitrogen and oxygen atoms in total. The maximum atomic E-state index is 12.8. The SMILES string of the molecule is CC(C)(C)OC(=O)N(CCOc1ccc2c(c1)N=NC2(C)C(=O)O)CC(O)c1ccc(Cl)c(N)c1. The van der Waals surface area contributed by atoms with Crippen LogP contribution < -0.4 is 10.5 Å². The van der Waals surface area contributed by atoms with Gasteiger partial charge in [0.1, 0.15) is 18.0 Å². The molecule has 2 atom stereocenters. The Bertz CT molecular complexity index is 1150. The van der Waals surface area contributed by atoms with Crippen LogP contribution in [-0.4, -0.2) is 52.5 Å². The van der Waals surface area contributed by atoms with Crippen molar-refractivity contribution in [2.45, 2.75) is 44.9 Å². The Morgan fingerprint density at radius 3 is 2.57 bits per heavy atom. The summed E-state index contributed by atoms with van der Waals surface area (Å²) in [5.74, 6) is -0.657. The van der Waals surface area contributed by atoms with E-state index in [2.05, 4.69) is 10.2 Å². The molecule has 2 aromatic carbocycles. The number of nitrogen functional groups attached to an aromatic ring is 1. The first-order chi connectivity index (χ1) is 16.3. The Labute approximate surface area is 208 Å². The summed E-state index contributed by atoms with van der Waals surface area (Å²) in [6.45, 7) is 6.86. The smallest absolute Gasteiger partial charge is 0.410 e. The van der Waals surface area contributed by atoms with E-state index in [1.807, 2.05) is 0 Å². The van der Waals surface area contributed by atoms with Gasteiger partial charge in [0.25, 0.3) is 0 Å². The average Bonchev–Trinajstić information content (AvgIpc) is 3.11. The largest absolute Gasteiger partial charge is 0.492 e. The lowest BCUT2D eigenvalue weighted by atomic mass is 9.93. The highest BCUT2D eigenvalue weighted by atomic mass is 35.5. The molecule has 1 aliphatic rings. The molecule has 0 aromatic heterocycles. The molecule has 2 unspecified atom stereocenters. The topological polar surface area (TPSA) is 147 Å². The van der Waals surface area contributed by atoms with Crippen molar-refractivity contribution in [1.82, 2.24) is 4.90 Å². The molecule has 0 radical (unpaired) electrons. The Morgan fingerprint density at radius 1 is 1.23 bits per heavy atom. The zero-order chi connectivity index (χ0) is 26.0. The van der Waals surface area contributed by atoms with E-state index >= 15 is 0 Å². The third kappa shape index (κ3) is 6.20. The van der Waals surface area contributed by atoms with Crippen molar-refractivity contribution in [1.29, 1.82) is 0 Å². The zero-order valence-corrected chi connectivity index (χ0v) is 20.7. The number of nitrogens with two attached hydrogens (primary N) is 1. The molecule has 0 aliphatic carbocycles. The number of benzene rings is 2. The number of fused-ring (bicyclic) bond motifs is 1. The molecule has 4 N–H and O–H groups in total. The maximum Gasteiger partial charge on any atom is 0.410 e. The standard InChI is InChI=1S/C24H29ClN4O6/c1-23(2,3)35-22(33)29(13-20(30)14-5-8-17(25)18(26)11-14)9-10-34-15-6-7-16-19(12-15)27-28-24(16,4)21(31)32/h5-8,11-12,20,30H,9-10,13,26H2,1-4H3,(H,31,32). The first kappa shape index (κ1) is 26.2.